The van der Waals surface area contributed by atoms with Crippen molar-refractivity contribution in [2.24, 2.45) is 0 Å². The Kier molecular flexibility index (Phi) is 1.75. The Morgan fingerprint density at radius 2 is 2.60 bits per heavy atom. The fourth-order valence-electron chi connectivity index (χ4n) is 0.651. The van der Waals surface area contributed by atoms with Gasteiger partial charge in [0.15, 0.2) is 0 Å². The first kappa shape index (κ1) is 6.85. The number of methoxy groups -OCH3 is 1. The molecule has 56 valence electrons. The number of amides is 1. The molecule has 1 heterocycles. The number of rotatable bonds is 1. The smallest absolute Gasteiger partial charge is 0.408 e. The molecule has 10 heavy (non-hydrogen) atoms. The quantitative estimate of drug-likeness (QED) is 0.494. The van der Waals surface area contributed by atoms with E-state index in [1.54, 1.807) is 0 Å². The second kappa shape index (κ2) is 2.55. The van der Waals surface area contributed by atoms with E-state index in [9.17, 15) is 9.59 Å². The minimum Gasteiger partial charge on any atom is -0.466 e. The van der Waals surface area contributed by atoms with Gasteiger partial charge in [-0.25, -0.2) is 9.59 Å². The van der Waals surface area contributed by atoms with Crippen molar-refractivity contribution in [2.45, 2.75) is 6.10 Å². The maximum Gasteiger partial charge on any atom is 0.408 e. The zero-order chi connectivity index (χ0) is 7.56. The number of hydrogen-bond acceptors (Lipinski definition) is 4. The van der Waals surface area contributed by atoms with Gasteiger partial charge in [0.05, 0.1) is 13.7 Å². The third-order valence-electron chi connectivity index (χ3n) is 1.15. The van der Waals surface area contributed by atoms with Crippen molar-refractivity contribution >= 4 is 12.1 Å². The van der Waals surface area contributed by atoms with E-state index in [1.165, 1.54) is 7.11 Å². The van der Waals surface area contributed by atoms with Crippen LogP contribution in [0.2, 0.25) is 0 Å². The summed E-state index contributed by atoms with van der Waals surface area (Å²) in [5, 5.41) is 2.32. The maximum atomic E-state index is 10.6. The van der Waals surface area contributed by atoms with Gasteiger partial charge in [-0.3, -0.25) is 0 Å². The average molecular weight is 145 g/mol. The van der Waals surface area contributed by atoms with Crippen LogP contribution in [-0.4, -0.2) is 31.8 Å². The lowest BCUT2D eigenvalue weighted by atomic mass is 10.4. The van der Waals surface area contributed by atoms with Gasteiger partial charge in [0.1, 0.15) is 0 Å². The molecule has 0 aromatic carbocycles. The molecule has 0 saturated carbocycles. The van der Waals surface area contributed by atoms with Crippen LogP contribution in [0.3, 0.4) is 0 Å². The molecule has 1 aliphatic rings. The number of hydrogen-bond donors (Lipinski definition) is 1. The van der Waals surface area contributed by atoms with E-state index < -0.39 is 18.2 Å². The molecule has 1 N–H and O–H groups in total. The van der Waals surface area contributed by atoms with Crippen LogP contribution in [-0.2, 0) is 14.3 Å². The van der Waals surface area contributed by atoms with Gasteiger partial charge in [-0.1, -0.05) is 0 Å². The third-order valence-corrected chi connectivity index (χ3v) is 1.15. The fourth-order valence-corrected chi connectivity index (χ4v) is 0.651. The van der Waals surface area contributed by atoms with E-state index in [-0.39, 0.29) is 6.54 Å². The highest BCUT2D eigenvalue weighted by Crippen LogP contribution is 2.00. The predicted molar refractivity (Wildman–Crippen MR) is 30.3 cm³/mol. The summed E-state index contributed by atoms with van der Waals surface area (Å²) < 4.78 is 8.82. The molecular formula is C5H7NO4. The van der Waals surface area contributed by atoms with Crippen molar-refractivity contribution in [3.05, 3.63) is 0 Å². The summed E-state index contributed by atoms with van der Waals surface area (Å²) in [6, 6.07) is 0. The van der Waals surface area contributed by atoms with Crippen molar-refractivity contribution in [1.82, 2.24) is 5.32 Å². The standard InChI is InChI=1S/C5H7NO4/c1-9-4(7)3-2-6-5(8)10-3/h3H,2H2,1H3,(H,6,8)/t3-/m0/s1. The van der Waals surface area contributed by atoms with Crippen LogP contribution in [0.5, 0.6) is 0 Å². The minimum absolute atomic E-state index is 0.200. The maximum absolute atomic E-state index is 10.6. The monoisotopic (exact) mass is 145 g/mol. The Morgan fingerprint density at radius 3 is 3.00 bits per heavy atom. The highest BCUT2D eigenvalue weighted by Gasteiger charge is 2.29. The van der Waals surface area contributed by atoms with E-state index in [4.69, 9.17) is 0 Å². The topological polar surface area (TPSA) is 64.6 Å². The van der Waals surface area contributed by atoms with E-state index in [1.807, 2.05) is 0 Å². The second-order valence-electron chi connectivity index (χ2n) is 1.80. The molecule has 0 unspecified atom stereocenters. The van der Waals surface area contributed by atoms with Crippen molar-refractivity contribution in [2.75, 3.05) is 13.7 Å². The highest BCUT2D eigenvalue weighted by molar-refractivity contribution is 5.82. The van der Waals surface area contributed by atoms with Gasteiger partial charge in [0.25, 0.3) is 0 Å². The minimum atomic E-state index is -0.766. The first-order valence-corrected chi connectivity index (χ1v) is 2.76. The molecule has 5 heteroatoms. The Morgan fingerprint density at radius 1 is 1.90 bits per heavy atom. The summed E-state index contributed by atoms with van der Waals surface area (Å²) in [5.41, 5.74) is 0. The van der Waals surface area contributed by atoms with Crippen LogP contribution in [0.15, 0.2) is 0 Å². The summed E-state index contributed by atoms with van der Waals surface area (Å²) in [4.78, 5) is 21.0. The van der Waals surface area contributed by atoms with Crippen LogP contribution in [0.1, 0.15) is 0 Å². The molecule has 0 radical (unpaired) electrons. The van der Waals surface area contributed by atoms with Gasteiger partial charge in [-0.05, 0) is 0 Å². The summed E-state index contributed by atoms with van der Waals surface area (Å²) in [6.45, 7) is 0.200. The summed E-state index contributed by atoms with van der Waals surface area (Å²) in [7, 11) is 1.24. The van der Waals surface area contributed by atoms with Crippen molar-refractivity contribution in [3.63, 3.8) is 0 Å². The highest BCUT2D eigenvalue weighted by atomic mass is 16.6. The van der Waals surface area contributed by atoms with Gasteiger partial charge >= 0.3 is 12.1 Å². The normalized spacial score (nSPS) is 23.3. The first-order chi connectivity index (χ1) is 4.74. The van der Waals surface area contributed by atoms with E-state index in [0.717, 1.165) is 0 Å². The van der Waals surface area contributed by atoms with E-state index >= 15 is 0 Å². The molecule has 0 aliphatic carbocycles. The average Bonchev–Trinajstić information content (AvgIpc) is 2.34. The van der Waals surface area contributed by atoms with Crippen molar-refractivity contribution < 1.29 is 19.1 Å². The summed E-state index contributed by atoms with van der Waals surface area (Å²) in [6.07, 6.45) is -1.34. The van der Waals surface area contributed by atoms with Crippen LogP contribution in [0, 0.1) is 0 Å². The number of ether oxygens (including phenoxy) is 2. The zero-order valence-corrected chi connectivity index (χ0v) is 5.42. The van der Waals surface area contributed by atoms with Gasteiger partial charge in [-0.15, -0.1) is 0 Å². The molecule has 1 rings (SSSR count). The SMILES string of the molecule is COC(=O)[C@@H]1CNC(=O)O1. The van der Waals surface area contributed by atoms with Crippen LogP contribution in [0.25, 0.3) is 0 Å². The Bertz CT molecular complexity index is 167. The zero-order valence-electron chi connectivity index (χ0n) is 5.42. The molecule has 0 bridgehead atoms. The third kappa shape index (κ3) is 1.18. The van der Waals surface area contributed by atoms with Gasteiger partial charge < -0.3 is 14.8 Å². The van der Waals surface area contributed by atoms with Gasteiger partial charge in [0, 0.05) is 0 Å². The van der Waals surface area contributed by atoms with Crippen LogP contribution in [0.4, 0.5) is 4.79 Å². The van der Waals surface area contributed by atoms with E-state index in [0.29, 0.717) is 0 Å². The molecule has 1 atom stereocenters. The Balaban J connectivity index is 2.44. The van der Waals surface area contributed by atoms with Crippen molar-refractivity contribution in [3.8, 4) is 0 Å². The summed E-state index contributed by atoms with van der Waals surface area (Å²) >= 11 is 0. The number of esters is 1. The molecule has 0 aromatic heterocycles. The summed E-state index contributed by atoms with van der Waals surface area (Å²) in [5.74, 6) is -0.529. The van der Waals surface area contributed by atoms with Gasteiger partial charge in [0.2, 0.25) is 6.10 Å². The van der Waals surface area contributed by atoms with Crippen LogP contribution >= 0.6 is 0 Å². The Hall–Kier alpha value is -1.26. The fraction of sp³-hybridized carbons (Fsp3) is 0.600. The predicted octanol–water partition coefficient (Wildman–Crippen LogP) is -0.732. The Labute approximate surface area is 57.3 Å². The van der Waals surface area contributed by atoms with Crippen LogP contribution < -0.4 is 5.32 Å². The number of nitrogens with one attached hydrogen (secondary N) is 1. The molecule has 1 amide bonds. The molecule has 1 fully saturated rings. The molecule has 0 spiro atoms. The number of carbonyl (C=O) groups is 2. The second-order valence-corrected chi connectivity index (χ2v) is 1.80. The lowest BCUT2D eigenvalue weighted by Crippen LogP contribution is -2.25. The lowest BCUT2D eigenvalue weighted by molar-refractivity contribution is -0.148. The lowest BCUT2D eigenvalue weighted by Gasteiger charge is -2.02. The van der Waals surface area contributed by atoms with E-state index in [2.05, 4.69) is 14.8 Å². The molecule has 1 saturated heterocycles. The number of alkyl carbamates (subject to hydrolysis) is 1. The molecule has 0 aromatic rings. The molecule has 5 nitrogen and oxygen atoms in total. The van der Waals surface area contributed by atoms with Crippen molar-refractivity contribution in [1.29, 1.82) is 0 Å². The number of carbonyl (C=O) groups excluding carboxylic acids is 2. The molecule has 1 aliphatic heterocycles. The largest absolute Gasteiger partial charge is 0.466 e. The first-order valence-electron chi connectivity index (χ1n) is 2.76. The molecular weight excluding hydrogens is 138 g/mol. The number of cyclic esters (lactones) is 1. The van der Waals surface area contributed by atoms with Gasteiger partial charge in [-0.2, -0.15) is 0 Å².